The first-order chi connectivity index (χ1) is 14.2. The minimum atomic E-state index is 0. The van der Waals surface area contributed by atoms with Gasteiger partial charge in [0, 0.05) is 63.1 Å². The summed E-state index contributed by atoms with van der Waals surface area (Å²) in [7, 11) is 0. The molecule has 1 aliphatic carbocycles. The Labute approximate surface area is 201 Å². The number of aromatic nitrogens is 2. The first kappa shape index (κ1) is 25.1. The number of aryl methyl sites for hydroxylation is 1. The van der Waals surface area contributed by atoms with Crippen LogP contribution in [-0.4, -0.2) is 71.9 Å². The van der Waals surface area contributed by atoms with Gasteiger partial charge in [0.25, 0.3) is 0 Å². The Bertz CT molecular complexity index is 670. The lowest BCUT2D eigenvalue weighted by atomic mass is 9.89. The molecule has 0 bridgehead atoms. The van der Waals surface area contributed by atoms with Crippen LogP contribution in [0.3, 0.4) is 0 Å². The molecular weight excluding hydrogens is 513 g/mol. The summed E-state index contributed by atoms with van der Waals surface area (Å²) in [6.07, 6.45) is 6.59. The van der Waals surface area contributed by atoms with Crippen molar-refractivity contribution >= 4 is 52.5 Å². The number of hydrogen-bond donors (Lipinski definition) is 2. The van der Waals surface area contributed by atoms with E-state index in [1.807, 2.05) is 0 Å². The molecule has 2 N–H and O–H groups in total. The van der Waals surface area contributed by atoms with Crippen molar-refractivity contribution in [1.82, 2.24) is 24.9 Å². The largest absolute Gasteiger partial charge is 0.357 e. The van der Waals surface area contributed by atoms with Gasteiger partial charge in [-0.05, 0) is 19.8 Å². The summed E-state index contributed by atoms with van der Waals surface area (Å²) in [6, 6.07) is 0. The summed E-state index contributed by atoms with van der Waals surface area (Å²) in [6.45, 7) is 9.87. The summed E-state index contributed by atoms with van der Waals surface area (Å²) in [5, 5.41) is 7.49. The molecule has 3 rings (SSSR count). The molecule has 30 heavy (non-hydrogen) atoms. The maximum absolute atomic E-state index is 12.3. The van der Waals surface area contributed by atoms with Crippen molar-refractivity contribution in [2.45, 2.75) is 52.4 Å². The third-order valence-electron chi connectivity index (χ3n) is 5.61. The minimum Gasteiger partial charge on any atom is -0.357 e. The average molecular weight is 550 g/mol. The Balaban J connectivity index is 0.00000320. The fourth-order valence-corrected chi connectivity index (χ4v) is 4.70. The molecule has 1 saturated carbocycles. The Morgan fingerprint density at radius 1 is 1.13 bits per heavy atom. The number of halogens is 1. The number of carbonyl (C=O) groups is 1. The maximum Gasteiger partial charge on any atom is 0.223 e. The van der Waals surface area contributed by atoms with E-state index in [1.54, 1.807) is 0 Å². The Hall–Kier alpha value is -1.17. The number of guanidine groups is 1. The quantitative estimate of drug-likeness (QED) is 0.235. The van der Waals surface area contributed by atoms with Gasteiger partial charge in [0.05, 0.1) is 6.54 Å². The van der Waals surface area contributed by atoms with E-state index in [2.05, 4.69) is 43.6 Å². The zero-order valence-electron chi connectivity index (χ0n) is 18.2. The number of amides is 1. The van der Waals surface area contributed by atoms with Crippen LogP contribution in [0.2, 0.25) is 0 Å². The van der Waals surface area contributed by atoms with E-state index >= 15 is 0 Å². The van der Waals surface area contributed by atoms with Crippen molar-refractivity contribution in [2.24, 2.45) is 10.9 Å². The summed E-state index contributed by atoms with van der Waals surface area (Å²) < 4.78 is 4.40. The maximum atomic E-state index is 12.3. The van der Waals surface area contributed by atoms with E-state index in [0.717, 1.165) is 68.9 Å². The molecule has 2 aliphatic rings. The van der Waals surface area contributed by atoms with Crippen LogP contribution in [0.5, 0.6) is 0 Å². The second kappa shape index (κ2) is 13.3. The van der Waals surface area contributed by atoms with Gasteiger partial charge in [0.2, 0.25) is 11.0 Å². The van der Waals surface area contributed by atoms with Crippen LogP contribution < -0.4 is 15.5 Å². The normalized spacial score (nSPS) is 18.1. The summed E-state index contributed by atoms with van der Waals surface area (Å²) in [5.74, 6) is 2.29. The smallest absolute Gasteiger partial charge is 0.223 e. The highest BCUT2D eigenvalue weighted by Gasteiger charge is 2.22. The fraction of sp³-hybridized carbons (Fsp3) is 0.800. The van der Waals surface area contributed by atoms with Crippen molar-refractivity contribution in [3.05, 3.63) is 5.82 Å². The first-order valence-electron chi connectivity index (χ1n) is 11.1. The van der Waals surface area contributed by atoms with E-state index in [0.29, 0.717) is 13.1 Å². The molecule has 0 aromatic carbocycles. The van der Waals surface area contributed by atoms with E-state index in [1.165, 1.54) is 30.8 Å². The van der Waals surface area contributed by atoms with Crippen LogP contribution in [0.4, 0.5) is 5.13 Å². The van der Waals surface area contributed by atoms with Gasteiger partial charge in [-0.1, -0.05) is 26.2 Å². The second-order valence-corrected chi connectivity index (χ2v) is 8.41. The average Bonchev–Trinajstić information content (AvgIpc) is 3.26. The lowest BCUT2D eigenvalue weighted by molar-refractivity contribution is -0.125. The highest BCUT2D eigenvalue weighted by molar-refractivity contribution is 14.0. The molecule has 170 valence electrons. The number of aliphatic imine (C=N–C) groups is 1. The topological polar surface area (TPSA) is 85.8 Å². The van der Waals surface area contributed by atoms with Gasteiger partial charge < -0.3 is 20.4 Å². The first-order valence-corrected chi connectivity index (χ1v) is 11.9. The van der Waals surface area contributed by atoms with Gasteiger partial charge in [-0.3, -0.25) is 9.79 Å². The van der Waals surface area contributed by atoms with E-state index in [-0.39, 0.29) is 35.8 Å². The monoisotopic (exact) mass is 549 g/mol. The molecule has 10 heteroatoms. The molecular formula is C20H36IN7OS. The van der Waals surface area contributed by atoms with Crippen molar-refractivity contribution in [1.29, 1.82) is 0 Å². The molecule has 2 fully saturated rings. The van der Waals surface area contributed by atoms with Crippen molar-refractivity contribution in [2.75, 3.05) is 50.7 Å². The zero-order valence-corrected chi connectivity index (χ0v) is 21.4. The predicted octanol–water partition coefficient (Wildman–Crippen LogP) is 2.50. The van der Waals surface area contributed by atoms with Crippen LogP contribution >= 0.6 is 35.5 Å². The molecule has 0 atom stereocenters. The second-order valence-electron chi connectivity index (χ2n) is 7.68. The number of anilines is 1. The summed E-state index contributed by atoms with van der Waals surface area (Å²) >= 11 is 1.49. The van der Waals surface area contributed by atoms with E-state index in [4.69, 9.17) is 4.99 Å². The lowest BCUT2D eigenvalue weighted by Gasteiger charge is -2.36. The van der Waals surface area contributed by atoms with E-state index < -0.39 is 0 Å². The Morgan fingerprint density at radius 2 is 1.87 bits per heavy atom. The molecule has 1 amide bonds. The summed E-state index contributed by atoms with van der Waals surface area (Å²) in [5.41, 5.74) is 0. The molecule has 0 spiro atoms. The highest BCUT2D eigenvalue weighted by atomic mass is 127. The lowest BCUT2D eigenvalue weighted by Crippen LogP contribution is -2.52. The number of hydrogen-bond acceptors (Lipinski definition) is 6. The number of carbonyl (C=O) groups excluding carboxylic acids is 1. The molecule has 1 saturated heterocycles. The molecule has 1 aliphatic heterocycles. The van der Waals surface area contributed by atoms with Crippen molar-refractivity contribution in [3.63, 3.8) is 0 Å². The zero-order chi connectivity index (χ0) is 20.5. The molecule has 8 nitrogen and oxygen atoms in total. The Kier molecular flexibility index (Phi) is 11.1. The van der Waals surface area contributed by atoms with Gasteiger partial charge in [-0.25, -0.2) is 4.98 Å². The summed E-state index contributed by atoms with van der Waals surface area (Å²) in [4.78, 5) is 26.2. The molecule has 1 aromatic heterocycles. The van der Waals surface area contributed by atoms with Crippen LogP contribution in [0.25, 0.3) is 0 Å². The van der Waals surface area contributed by atoms with Gasteiger partial charge in [0.1, 0.15) is 5.82 Å². The van der Waals surface area contributed by atoms with Gasteiger partial charge in [-0.15, -0.1) is 24.0 Å². The predicted molar refractivity (Wildman–Crippen MR) is 134 cm³/mol. The van der Waals surface area contributed by atoms with Crippen LogP contribution in [0.1, 0.15) is 51.8 Å². The van der Waals surface area contributed by atoms with Crippen molar-refractivity contribution < 1.29 is 4.79 Å². The highest BCUT2D eigenvalue weighted by Crippen LogP contribution is 2.23. The molecule has 2 heterocycles. The van der Waals surface area contributed by atoms with Crippen LogP contribution in [0.15, 0.2) is 4.99 Å². The molecule has 1 aromatic rings. The number of nitrogens with one attached hydrogen (secondary N) is 2. The number of rotatable bonds is 7. The fourth-order valence-electron chi connectivity index (χ4n) is 3.90. The minimum absolute atomic E-state index is 0. The van der Waals surface area contributed by atoms with Crippen molar-refractivity contribution in [3.8, 4) is 0 Å². The number of nitrogens with zero attached hydrogens (tertiary/aromatic N) is 5. The molecule has 0 radical (unpaired) electrons. The van der Waals surface area contributed by atoms with Gasteiger partial charge in [0.15, 0.2) is 5.96 Å². The third kappa shape index (κ3) is 7.21. The standard InChI is InChI=1S/C20H35N7OS.HI/c1-3-17-24-20(29-25-17)27-14-12-26(13-15-27)19(21-4-2)23-11-10-22-18(28)16-8-6-5-7-9-16;/h16H,3-15H2,1-2H3,(H,21,23)(H,22,28);1H. The van der Waals surface area contributed by atoms with Gasteiger partial charge >= 0.3 is 0 Å². The van der Waals surface area contributed by atoms with Crippen LogP contribution in [-0.2, 0) is 11.2 Å². The number of piperazine rings is 1. The SMILES string of the molecule is CCNC(=NCCNC(=O)C1CCCCC1)N1CCN(c2nc(CC)ns2)CC1.I. The molecule has 0 unspecified atom stereocenters. The van der Waals surface area contributed by atoms with Crippen LogP contribution in [0, 0.1) is 5.92 Å². The van der Waals surface area contributed by atoms with Gasteiger partial charge in [-0.2, -0.15) is 4.37 Å². The van der Waals surface area contributed by atoms with E-state index in [9.17, 15) is 4.79 Å². The third-order valence-corrected chi connectivity index (χ3v) is 6.42. The Morgan fingerprint density at radius 3 is 2.50 bits per heavy atom.